The summed E-state index contributed by atoms with van der Waals surface area (Å²) in [6.45, 7) is 6.25. The Kier molecular flexibility index (Phi) is 5.71. The molecule has 0 aliphatic heterocycles. The number of benzene rings is 1. The molecule has 0 radical (unpaired) electrons. The molecule has 5 nitrogen and oxygen atoms in total. The molecule has 1 aliphatic rings. The number of rotatable bonds is 7. The van der Waals surface area contributed by atoms with Crippen LogP contribution in [-0.4, -0.2) is 25.9 Å². The minimum atomic E-state index is -0.366. The van der Waals surface area contributed by atoms with Gasteiger partial charge in [0.2, 0.25) is 5.91 Å². The van der Waals surface area contributed by atoms with Crippen LogP contribution in [0.15, 0.2) is 36.0 Å². The lowest BCUT2D eigenvalue weighted by molar-refractivity contribution is -0.115. The van der Waals surface area contributed by atoms with E-state index in [9.17, 15) is 4.79 Å². The molecule has 1 aromatic carbocycles. The summed E-state index contributed by atoms with van der Waals surface area (Å²) in [5.41, 5.74) is 0.498. The molecule has 3 rings (SSSR count). The van der Waals surface area contributed by atoms with Gasteiger partial charge in [-0.3, -0.25) is 4.79 Å². The van der Waals surface area contributed by atoms with E-state index in [-0.39, 0.29) is 11.2 Å². The van der Waals surface area contributed by atoms with Crippen molar-refractivity contribution in [1.29, 1.82) is 0 Å². The third-order valence-corrected chi connectivity index (χ3v) is 5.48. The molecule has 0 saturated heterocycles. The molecule has 2 aromatic rings. The summed E-state index contributed by atoms with van der Waals surface area (Å²) in [6.07, 6.45) is 4.10. The van der Waals surface area contributed by atoms with Crippen LogP contribution in [0, 0.1) is 0 Å². The van der Waals surface area contributed by atoms with E-state index in [1.807, 2.05) is 17.6 Å². The quantitative estimate of drug-likeness (QED) is 0.540. The molecule has 1 aromatic heterocycles. The fourth-order valence-electron chi connectivity index (χ4n) is 2.37. The average molecular weight is 397 g/mol. The Labute approximate surface area is 160 Å². The van der Waals surface area contributed by atoms with Crippen molar-refractivity contribution in [2.45, 2.75) is 42.6 Å². The molecule has 1 amide bonds. The van der Waals surface area contributed by atoms with Gasteiger partial charge >= 0.3 is 0 Å². The van der Waals surface area contributed by atoms with Gasteiger partial charge in [-0.15, -0.1) is 16.8 Å². The van der Waals surface area contributed by atoms with Crippen LogP contribution in [-0.2, 0) is 11.3 Å². The third-order valence-electron chi connectivity index (χ3n) is 3.84. The lowest BCUT2D eigenvalue weighted by Crippen LogP contribution is -2.23. The Balaban J connectivity index is 1.71. The number of hydrogen-bond donors (Lipinski definition) is 1. The summed E-state index contributed by atoms with van der Waals surface area (Å²) < 4.78 is 2.03. The van der Waals surface area contributed by atoms with Crippen LogP contribution in [0.3, 0.4) is 0 Å². The van der Waals surface area contributed by atoms with Gasteiger partial charge in [-0.1, -0.05) is 41.0 Å². The van der Waals surface area contributed by atoms with Crippen molar-refractivity contribution in [2.75, 3.05) is 5.32 Å². The Morgan fingerprint density at radius 1 is 1.48 bits per heavy atom. The van der Waals surface area contributed by atoms with E-state index in [2.05, 4.69) is 22.1 Å². The molecule has 8 heteroatoms. The Morgan fingerprint density at radius 2 is 2.24 bits per heavy atom. The fraction of sp³-hybridized carbons (Fsp3) is 0.353. The molecule has 1 unspecified atom stereocenters. The van der Waals surface area contributed by atoms with Gasteiger partial charge in [-0.25, -0.2) is 0 Å². The van der Waals surface area contributed by atoms with Crippen molar-refractivity contribution >= 4 is 46.6 Å². The second-order valence-electron chi connectivity index (χ2n) is 5.89. The van der Waals surface area contributed by atoms with Gasteiger partial charge in [0.25, 0.3) is 0 Å². The van der Waals surface area contributed by atoms with Gasteiger partial charge in [0, 0.05) is 17.5 Å². The topological polar surface area (TPSA) is 59.8 Å². The Hall–Kier alpha value is -1.50. The van der Waals surface area contributed by atoms with Crippen molar-refractivity contribution in [2.24, 2.45) is 0 Å². The molecule has 1 atom stereocenters. The monoisotopic (exact) mass is 396 g/mol. The number of halogens is 2. The number of aromatic nitrogens is 3. The van der Waals surface area contributed by atoms with E-state index in [4.69, 9.17) is 23.2 Å². The first-order valence-corrected chi connectivity index (χ1v) is 9.59. The van der Waals surface area contributed by atoms with Crippen LogP contribution in [0.5, 0.6) is 0 Å². The van der Waals surface area contributed by atoms with E-state index in [1.54, 1.807) is 18.2 Å². The summed E-state index contributed by atoms with van der Waals surface area (Å²) in [4.78, 5) is 12.5. The summed E-state index contributed by atoms with van der Waals surface area (Å²) >= 11 is 13.4. The highest BCUT2D eigenvalue weighted by molar-refractivity contribution is 8.00. The van der Waals surface area contributed by atoms with Crippen LogP contribution in [0.25, 0.3) is 0 Å². The lowest BCUT2D eigenvalue weighted by atomic mass is 10.3. The van der Waals surface area contributed by atoms with Crippen LogP contribution >= 0.6 is 35.0 Å². The standard InChI is InChI=1S/C17H18Cl2N4OS/c1-3-8-23-15(11-4-5-11)21-22-17(23)25-10(2)16(24)20-14-9-12(18)6-7-13(14)19/h3,6-7,9-11H,1,4-5,8H2,2H3,(H,20,24). The van der Waals surface area contributed by atoms with E-state index in [1.165, 1.54) is 11.8 Å². The van der Waals surface area contributed by atoms with E-state index in [0.29, 0.717) is 28.2 Å². The summed E-state index contributed by atoms with van der Waals surface area (Å²) in [5, 5.41) is 12.7. The Morgan fingerprint density at radius 3 is 2.92 bits per heavy atom. The van der Waals surface area contributed by atoms with Gasteiger partial charge in [-0.05, 0) is 38.0 Å². The smallest absolute Gasteiger partial charge is 0.237 e. The number of carbonyl (C=O) groups is 1. The number of anilines is 1. The van der Waals surface area contributed by atoms with E-state index < -0.39 is 0 Å². The SMILES string of the molecule is C=CCn1c(SC(C)C(=O)Nc2cc(Cl)ccc2Cl)nnc1C1CC1. The van der Waals surface area contributed by atoms with Gasteiger partial charge in [0.15, 0.2) is 5.16 Å². The maximum absolute atomic E-state index is 12.5. The van der Waals surface area contributed by atoms with Gasteiger partial charge in [0.05, 0.1) is 16.0 Å². The van der Waals surface area contributed by atoms with E-state index >= 15 is 0 Å². The molecule has 1 heterocycles. The maximum Gasteiger partial charge on any atom is 0.237 e. The minimum absolute atomic E-state index is 0.171. The van der Waals surface area contributed by atoms with Crippen LogP contribution in [0.1, 0.15) is 31.5 Å². The van der Waals surface area contributed by atoms with Gasteiger partial charge in [-0.2, -0.15) is 0 Å². The van der Waals surface area contributed by atoms with Crippen LogP contribution in [0.4, 0.5) is 5.69 Å². The van der Waals surface area contributed by atoms with Crippen molar-refractivity contribution in [1.82, 2.24) is 14.8 Å². The zero-order valence-corrected chi connectivity index (χ0v) is 16.0. The highest BCUT2D eigenvalue weighted by atomic mass is 35.5. The van der Waals surface area contributed by atoms with Crippen LogP contribution < -0.4 is 5.32 Å². The van der Waals surface area contributed by atoms with Crippen molar-refractivity contribution < 1.29 is 4.79 Å². The number of carbonyl (C=O) groups excluding carboxylic acids is 1. The first-order chi connectivity index (χ1) is 12.0. The molecule has 132 valence electrons. The third kappa shape index (κ3) is 4.37. The highest BCUT2D eigenvalue weighted by Crippen LogP contribution is 2.40. The number of amides is 1. The van der Waals surface area contributed by atoms with Crippen molar-refractivity contribution in [3.63, 3.8) is 0 Å². The second-order valence-corrected chi connectivity index (χ2v) is 8.04. The summed E-state index contributed by atoms with van der Waals surface area (Å²) in [7, 11) is 0. The van der Waals surface area contributed by atoms with Crippen LogP contribution in [0.2, 0.25) is 10.0 Å². The largest absolute Gasteiger partial charge is 0.324 e. The zero-order valence-electron chi connectivity index (χ0n) is 13.7. The zero-order chi connectivity index (χ0) is 18.0. The molecular formula is C17H18Cl2N4OS. The first kappa shape index (κ1) is 18.3. The minimum Gasteiger partial charge on any atom is -0.324 e. The Bertz CT molecular complexity index is 804. The summed E-state index contributed by atoms with van der Waals surface area (Å²) in [6, 6.07) is 4.96. The number of nitrogens with one attached hydrogen (secondary N) is 1. The molecule has 1 N–H and O–H groups in total. The summed E-state index contributed by atoms with van der Waals surface area (Å²) in [5.74, 6) is 1.29. The van der Waals surface area contributed by atoms with Gasteiger partial charge < -0.3 is 9.88 Å². The number of hydrogen-bond acceptors (Lipinski definition) is 4. The average Bonchev–Trinajstić information content (AvgIpc) is 3.35. The first-order valence-electron chi connectivity index (χ1n) is 7.96. The predicted molar refractivity (Wildman–Crippen MR) is 103 cm³/mol. The fourth-order valence-corrected chi connectivity index (χ4v) is 3.57. The number of nitrogens with zero attached hydrogens (tertiary/aromatic N) is 3. The highest BCUT2D eigenvalue weighted by Gasteiger charge is 2.31. The van der Waals surface area contributed by atoms with E-state index in [0.717, 1.165) is 23.8 Å². The molecule has 1 aliphatic carbocycles. The number of thioether (sulfide) groups is 1. The van der Waals surface area contributed by atoms with Crippen molar-refractivity contribution in [3.8, 4) is 0 Å². The normalized spacial score (nSPS) is 15.0. The molecule has 0 spiro atoms. The molecule has 1 saturated carbocycles. The second kappa shape index (κ2) is 7.81. The molecule has 25 heavy (non-hydrogen) atoms. The molecule has 1 fully saturated rings. The maximum atomic E-state index is 12.5. The number of allylic oxidation sites excluding steroid dienone is 1. The lowest BCUT2D eigenvalue weighted by Gasteiger charge is -2.13. The molecule has 0 bridgehead atoms. The van der Waals surface area contributed by atoms with Gasteiger partial charge in [0.1, 0.15) is 5.82 Å². The predicted octanol–water partition coefficient (Wildman–Crippen LogP) is 4.77. The van der Waals surface area contributed by atoms with Crippen molar-refractivity contribution in [3.05, 3.63) is 46.7 Å². The molecular weight excluding hydrogens is 379 g/mol.